The SMILES string of the molecule is CCN(CC)Cc1ccccc1CNC(=O)CNC(C)C. The third-order valence-electron chi connectivity index (χ3n) is 3.55. The molecular weight excluding hydrogens is 262 g/mol. The van der Waals surface area contributed by atoms with Crippen molar-refractivity contribution in [1.82, 2.24) is 15.5 Å². The summed E-state index contributed by atoms with van der Waals surface area (Å²) in [5.41, 5.74) is 2.49. The Morgan fingerprint density at radius 3 is 2.33 bits per heavy atom. The standard InChI is InChI=1S/C17H29N3O/c1-5-20(6-2)13-16-10-8-7-9-15(16)11-19-17(21)12-18-14(3)4/h7-10,14,18H,5-6,11-13H2,1-4H3,(H,19,21). The molecular formula is C17H29N3O. The van der Waals surface area contributed by atoms with Gasteiger partial charge in [0.25, 0.3) is 0 Å². The van der Waals surface area contributed by atoms with Crippen LogP contribution in [0.2, 0.25) is 0 Å². The molecule has 1 aromatic carbocycles. The first kappa shape index (κ1) is 17.7. The zero-order valence-corrected chi connectivity index (χ0v) is 13.8. The van der Waals surface area contributed by atoms with Crippen LogP contribution < -0.4 is 10.6 Å². The largest absolute Gasteiger partial charge is 0.351 e. The normalized spacial score (nSPS) is 11.1. The van der Waals surface area contributed by atoms with Gasteiger partial charge in [-0.3, -0.25) is 9.69 Å². The van der Waals surface area contributed by atoms with E-state index >= 15 is 0 Å². The van der Waals surface area contributed by atoms with E-state index in [9.17, 15) is 4.79 Å². The van der Waals surface area contributed by atoms with Crippen LogP contribution in [-0.4, -0.2) is 36.5 Å². The van der Waals surface area contributed by atoms with Gasteiger partial charge in [-0.2, -0.15) is 0 Å². The van der Waals surface area contributed by atoms with Gasteiger partial charge in [0.05, 0.1) is 6.54 Å². The summed E-state index contributed by atoms with van der Waals surface area (Å²) in [6, 6.07) is 8.65. The van der Waals surface area contributed by atoms with Gasteiger partial charge in [0.1, 0.15) is 0 Å². The molecule has 0 spiro atoms. The molecule has 1 rings (SSSR count). The fourth-order valence-corrected chi connectivity index (χ4v) is 2.13. The van der Waals surface area contributed by atoms with Crippen molar-refractivity contribution in [3.05, 3.63) is 35.4 Å². The summed E-state index contributed by atoms with van der Waals surface area (Å²) in [5.74, 6) is 0.0429. The maximum Gasteiger partial charge on any atom is 0.234 e. The highest BCUT2D eigenvalue weighted by Gasteiger charge is 2.07. The number of nitrogens with zero attached hydrogens (tertiary/aromatic N) is 1. The van der Waals surface area contributed by atoms with E-state index in [1.54, 1.807) is 0 Å². The number of benzene rings is 1. The first-order valence-corrected chi connectivity index (χ1v) is 7.86. The van der Waals surface area contributed by atoms with Gasteiger partial charge in [-0.15, -0.1) is 0 Å². The summed E-state index contributed by atoms with van der Waals surface area (Å²) in [4.78, 5) is 14.2. The van der Waals surface area contributed by atoms with E-state index in [0.29, 0.717) is 19.1 Å². The van der Waals surface area contributed by atoms with E-state index < -0.39 is 0 Å². The number of amides is 1. The van der Waals surface area contributed by atoms with Crippen molar-refractivity contribution in [1.29, 1.82) is 0 Å². The Morgan fingerprint density at radius 2 is 1.76 bits per heavy atom. The van der Waals surface area contributed by atoms with E-state index in [1.165, 1.54) is 11.1 Å². The van der Waals surface area contributed by atoms with Gasteiger partial charge < -0.3 is 10.6 Å². The lowest BCUT2D eigenvalue weighted by Crippen LogP contribution is -2.36. The van der Waals surface area contributed by atoms with Crippen LogP contribution in [0.25, 0.3) is 0 Å². The average molecular weight is 291 g/mol. The van der Waals surface area contributed by atoms with Crippen LogP contribution in [0.4, 0.5) is 0 Å². The van der Waals surface area contributed by atoms with Crippen molar-refractivity contribution in [2.24, 2.45) is 0 Å². The molecule has 0 saturated heterocycles. The molecule has 0 fully saturated rings. The van der Waals surface area contributed by atoms with Gasteiger partial charge >= 0.3 is 0 Å². The summed E-state index contributed by atoms with van der Waals surface area (Å²) >= 11 is 0. The Balaban J connectivity index is 2.56. The number of rotatable bonds is 9. The quantitative estimate of drug-likeness (QED) is 0.733. The number of carbonyl (C=O) groups is 1. The predicted octanol–water partition coefficient (Wildman–Crippen LogP) is 2.14. The van der Waals surface area contributed by atoms with Gasteiger partial charge in [0.2, 0.25) is 5.91 Å². The second kappa shape index (κ2) is 9.53. The van der Waals surface area contributed by atoms with Crippen molar-refractivity contribution in [3.8, 4) is 0 Å². The lowest BCUT2D eigenvalue weighted by atomic mass is 10.1. The molecule has 0 aliphatic rings. The maximum absolute atomic E-state index is 11.8. The van der Waals surface area contributed by atoms with E-state index in [0.717, 1.165) is 19.6 Å². The molecule has 0 unspecified atom stereocenters. The summed E-state index contributed by atoms with van der Waals surface area (Å²) < 4.78 is 0. The molecule has 0 aliphatic heterocycles. The minimum atomic E-state index is 0.0429. The van der Waals surface area contributed by atoms with E-state index in [2.05, 4.69) is 47.6 Å². The molecule has 0 bridgehead atoms. The van der Waals surface area contributed by atoms with E-state index in [-0.39, 0.29) is 5.91 Å². The number of carbonyl (C=O) groups excluding carboxylic acids is 1. The summed E-state index contributed by atoms with van der Waals surface area (Å²) in [5, 5.41) is 6.11. The van der Waals surface area contributed by atoms with Crippen LogP contribution in [0.15, 0.2) is 24.3 Å². The minimum Gasteiger partial charge on any atom is -0.351 e. The predicted molar refractivity (Wildman–Crippen MR) is 88.1 cm³/mol. The van der Waals surface area contributed by atoms with Crippen LogP contribution in [0, 0.1) is 0 Å². The highest BCUT2D eigenvalue weighted by molar-refractivity contribution is 5.78. The second-order valence-corrected chi connectivity index (χ2v) is 5.54. The van der Waals surface area contributed by atoms with Gasteiger partial charge in [0.15, 0.2) is 0 Å². The zero-order valence-electron chi connectivity index (χ0n) is 13.8. The summed E-state index contributed by atoms with van der Waals surface area (Å²) in [6.45, 7) is 12.4. The Kier molecular flexibility index (Phi) is 8.01. The number of nitrogens with one attached hydrogen (secondary N) is 2. The summed E-state index contributed by atoms with van der Waals surface area (Å²) in [7, 11) is 0. The smallest absolute Gasteiger partial charge is 0.234 e. The van der Waals surface area contributed by atoms with Crippen LogP contribution in [0.1, 0.15) is 38.8 Å². The maximum atomic E-state index is 11.8. The van der Waals surface area contributed by atoms with Crippen LogP contribution in [0.5, 0.6) is 0 Å². The number of hydrogen-bond donors (Lipinski definition) is 2. The molecule has 2 N–H and O–H groups in total. The van der Waals surface area contributed by atoms with E-state index in [1.807, 2.05) is 19.9 Å². The monoisotopic (exact) mass is 291 g/mol. The van der Waals surface area contributed by atoms with Crippen LogP contribution >= 0.6 is 0 Å². The molecule has 0 radical (unpaired) electrons. The molecule has 4 nitrogen and oxygen atoms in total. The van der Waals surface area contributed by atoms with Crippen molar-refractivity contribution in [2.75, 3.05) is 19.6 Å². The molecule has 1 aromatic rings. The van der Waals surface area contributed by atoms with Crippen molar-refractivity contribution >= 4 is 5.91 Å². The Hall–Kier alpha value is -1.39. The van der Waals surface area contributed by atoms with Crippen molar-refractivity contribution in [3.63, 3.8) is 0 Å². The first-order chi connectivity index (χ1) is 10.1. The van der Waals surface area contributed by atoms with E-state index in [4.69, 9.17) is 0 Å². The first-order valence-electron chi connectivity index (χ1n) is 7.86. The third-order valence-corrected chi connectivity index (χ3v) is 3.55. The van der Waals surface area contributed by atoms with Gasteiger partial charge in [-0.05, 0) is 24.2 Å². The van der Waals surface area contributed by atoms with Gasteiger partial charge in [-0.25, -0.2) is 0 Å². The molecule has 118 valence electrons. The Morgan fingerprint density at radius 1 is 1.14 bits per heavy atom. The lowest BCUT2D eigenvalue weighted by Gasteiger charge is -2.20. The topological polar surface area (TPSA) is 44.4 Å². The highest BCUT2D eigenvalue weighted by Crippen LogP contribution is 2.11. The zero-order chi connectivity index (χ0) is 15.7. The van der Waals surface area contributed by atoms with Crippen molar-refractivity contribution in [2.45, 2.75) is 46.8 Å². The Labute approximate surface area is 128 Å². The molecule has 0 heterocycles. The number of hydrogen-bond acceptors (Lipinski definition) is 3. The molecule has 1 amide bonds. The highest BCUT2D eigenvalue weighted by atomic mass is 16.1. The molecule has 0 aliphatic carbocycles. The molecule has 21 heavy (non-hydrogen) atoms. The molecule has 0 saturated carbocycles. The fourth-order valence-electron chi connectivity index (χ4n) is 2.13. The summed E-state index contributed by atoms with van der Waals surface area (Å²) in [6.07, 6.45) is 0. The molecule has 4 heteroatoms. The molecule has 0 atom stereocenters. The minimum absolute atomic E-state index is 0.0429. The lowest BCUT2D eigenvalue weighted by molar-refractivity contribution is -0.120. The fraction of sp³-hybridized carbons (Fsp3) is 0.588. The third kappa shape index (κ3) is 6.74. The molecule has 0 aromatic heterocycles. The van der Waals surface area contributed by atoms with Crippen molar-refractivity contribution < 1.29 is 4.79 Å². The van der Waals surface area contributed by atoms with Gasteiger partial charge in [-0.1, -0.05) is 52.0 Å². The Bertz CT molecular complexity index is 428. The van der Waals surface area contributed by atoms with Crippen LogP contribution in [0.3, 0.4) is 0 Å². The average Bonchev–Trinajstić information content (AvgIpc) is 2.49. The van der Waals surface area contributed by atoms with Gasteiger partial charge in [0, 0.05) is 19.1 Å². The van der Waals surface area contributed by atoms with Crippen LogP contribution in [-0.2, 0) is 17.9 Å². The second-order valence-electron chi connectivity index (χ2n) is 5.54.